The van der Waals surface area contributed by atoms with Gasteiger partial charge in [0, 0.05) is 22.1 Å². The van der Waals surface area contributed by atoms with Gasteiger partial charge in [-0.05, 0) is 25.3 Å². The van der Waals surface area contributed by atoms with Gasteiger partial charge in [-0.1, -0.05) is 5.11 Å². The highest BCUT2D eigenvalue weighted by Gasteiger charge is 2.28. The second-order valence-corrected chi connectivity index (χ2v) is 3.38. The summed E-state index contributed by atoms with van der Waals surface area (Å²) in [6.45, 7) is 2.38. The maximum absolute atomic E-state index is 8.23. The molecule has 0 saturated heterocycles. The van der Waals surface area contributed by atoms with Gasteiger partial charge in [0.2, 0.25) is 0 Å². The lowest BCUT2D eigenvalue weighted by atomic mass is 10.1. The minimum atomic E-state index is 0.421. The first-order valence-electron chi connectivity index (χ1n) is 4.37. The fraction of sp³-hybridized carbons (Fsp3) is 0.625. The molecule has 0 amide bonds. The third-order valence-corrected chi connectivity index (χ3v) is 2.36. The van der Waals surface area contributed by atoms with Crippen molar-refractivity contribution in [2.24, 2.45) is 5.11 Å². The second-order valence-electron chi connectivity index (χ2n) is 3.38. The summed E-state index contributed by atoms with van der Waals surface area (Å²) in [7, 11) is 0. The summed E-state index contributed by atoms with van der Waals surface area (Å²) < 4.78 is 0. The Kier molecular flexibility index (Phi) is 1.94. The molecule has 1 N–H and O–H groups in total. The molecule has 1 heterocycles. The van der Waals surface area contributed by atoms with Gasteiger partial charge in [-0.3, -0.25) is 5.10 Å². The van der Waals surface area contributed by atoms with Crippen molar-refractivity contribution in [2.75, 3.05) is 0 Å². The highest BCUT2D eigenvalue weighted by Crippen LogP contribution is 2.41. The fourth-order valence-corrected chi connectivity index (χ4v) is 1.47. The van der Waals surface area contributed by atoms with Crippen molar-refractivity contribution >= 4 is 0 Å². The predicted octanol–water partition coefficient (Wildman–Crippen LogP) is 2.41. The minimum absolute atomic E-state index is 0.421. The summed E-state index contributed by atoms with van der Waals surface area (Å²) in [5.41, 5.74) is 11.4. The molecule has 0 radical (unpaired) electrons. The molecule has 0 unspecified atom stereocenters. The maximum Gasteiger partial charge on any atom is 0.0688 e. The Morgan fingerprint density at radius 1 is 1.69 bits per heavy atom. The molecule has 5 heteroatoms. The molecule has 1 aliphatic carbocycles. The molecule has 0 aliphatic heterocycles. The number of aromatic amines is 1. The summed E-state index contributed by atoms with van der Waals surface area (Å²) in [4.78, 5) is 2.76. The van der Waals surface area contributed by atoms with Crippen LogP contribution in [0, 0.1) is 6.92 Å². The van der Waals surface area contributed by atoms with E-state index in [0.29, 0.717) is 12.5 Å². The van der Waals surface area contributed by atoms with E-state index in [4.69, 9.17) is 5.53 Å². The van der Waals surface area contributed by atoms with Crippen LogP contribution in [0.5, 0.6) is 0 Å². The summed E-state index contributed by atoms with van der Waals surface area (Å²) in [5, 5.41) is 10.7. The lowest BCUT2D eigenvalue weighted by molar-refractivity contribution is 0.934. The van der Waals surface area contributed by atoms with Gasteiger partial charge in [-0.15, -0.1) is 0 Å². The van der Waals surface area contributed by atoms with Crippen LogP contribution in [0.4, 0.5) is 0 Å². The van der Waals surface area contributed by atoms with E-state index in [1.165, 1.54) is 12.8 Å². The van der Waals surface area contributed by atoms with Crippen LogP contribution in [0.15, 0.2) is 5.11 Å². The Balaban J connectivity index is 2.28. The zero-order valence-electron chi connectivity index (χ0n) is 7.49. The van der Waals surface area contributed by atoms with Gasteiger partial charge in [0.1, 0.15) is 0 Å². The number of nitrogens with one attached hydrogen (secondary N) is 1. The van der Waals surface area contributed by atoms with E-state index in [2.05, 4.69) is 20.2 Å². The van der Waals surface area contributed by atoms with Gasteiger partial charge in [0.05, 0.1) is 12.2 Å². The fourth-order valence-electron chi connectivity index (χ4n) is 1.47. The van der Waals surface area contributed by atoms with Crippen LogP contribution < -0.4 is 0 Å². The Labute approximate surface area is 75.8 Å². The number of hydrogen-bond donors (Lipinski definition) is 1. The van der Waals surface area contributed by atoms with Crippen LogP contribution in [0.25, 0.3) is 10.4 Å². The Morgan fingerprint density at radius 2 is 2.46 bits per heavy atom. The molecule has 1 aliphatic rings. The van der Waals surface area contributed by atoms with Crippen LogP contribution in [-0.4, -0.2) is 10.2 Å². The average Bonchev–Trinajstić information content (AvgIpc) is 2.89. The molecule has 1 aromatic rings. The van der Waals surface area contributed by atoms with Crippen LogP contribution in [0.1, 0.15) is 35.7 Å². The monoisotopic (exact) mass is 177 g/mol. The molecule has 1 saturated carbocycles. The van der Waals surface area contributed by atoms with Crippen molar-refractivity contribution in [1.29, 1.82) is 0 Å². The first-order chi connectivity index (χ1) is 6.33. The molecular formula is C8H11N5. The van der Waals surface area contributed by atoms with Crippen molar-refractivity contribution < 1.29 is 0 Å². The number of hydrogen-bond acceptors (Lipinski definition) is 2. The standard InChI is InChI=1S/C8H11N5/c1-5-7(4-10-13-9)8(12-11-5)6-2-3-6/h6H,2-4H2,1H3,(H,11,12). The molecular weight excluding hydrogens is 166 g/mol. The Bertz CT molecular complexity index is 357. The molecule has 13 heavy (non-hydrogen) atoms. The molecule has 0 aromatic carbocycles. The topological polar surface area (TPSA) is 77.4 Å². The zero-order valence-corrected chi connectivity index (χ0v) is 7.49. The smallest absolute Gasteiger partial charge is 0.0688 e. The van der Waals surface area contributed by atoms with Crippen molar-refractivity contribution in [2.45, 2.75) is 32.2 Å². The van der Waals surface area contributed by atoms with E-state index in [0.717, 1.165) is 17.0 Å². The number of nitrogens with zero attached hydrogens (tertiary/aromatic N) is 4. The summed E-state index contributed by atoms with van der Waals surface area (Å²) in [6, 6.07) is 0. The SMILES string of the molecule is Cc1[nH]nc(C2CC2)c1CN=[N+]=[N-]. The van der Waals surface area contributed by atoms with Crippen LogP contribution >= 0.6 is 0 Å². The van der Waals surface area contributed by atoms with Gasteiger partial charge in [0.15, 0.2) is 0 Å². The van der Waals surface area contributed by atoms with E-state index < -0.39 is 0 Å². The van der Waals surface area contributed by atoms with Gasteiger partial charge < -0.3 is 0 Å². The highest BCUT2D eigenvalue weighted by atomic mass is 15.2. The molecule has 5 nitrogen and oxygen atoms in total. The number of H-pyrrole nitrogens is 1. The van der Waals surface area contributed by atoms with E-state index in [1.807, 2.05) is 6.92 Å². The number of rotatable bonds is 3. The number of aromatic nitrogens is 2. The third-order valence-electron chi connectivity index (χ3n) is 2.36. The van der Waals surface area contributed by atoms with E-state index in [1.54, 1.807) is 0 Å². The maximum atomic E-state index is 8.23. The Morgan fingerprint density at radius 3 is 3.08 bits per heavy atom. The van der Waals surface area contributed by atoms with Gasteiger partial charge >= 0.3 is 0 Å². The summed E-state index contributed by atoms with van der Waals surface area (Å²) >= 11 is 0. The quantitative estimate of drug-likeness (QED) is 0.429. The van der Waals surface area contributed by atoms with Crippen LogP contribution in [0.2, 0.25) is 0 Å². The zero-order chi connectivity index (χ0) is 9.26. The Hall–Kier alpha value is -1.48. The molecule has 1 fully saturated rings. The van der Waals surface area contributed by atoms with Crippen molar-refractivity contribution in [3.63, 3.8) is 0 Å². The molecule has 68 valence electrons. The summed E-state index contributed by atoms with van der Waals surface area (Å²) in [6.07, 6.45) is 2.43. The van der Waals surface area contributed by atoms with E-state index >= 15 is 0 Å². The predicted molar refractivity (Wildman–Crippen MR) is 48.1 cm³/mol. The van der Waals surface area contributed by atoms with Crippen LogP contribution in [-0.2, 0) is 6.54 Å². The second kappa shape index (κ2) is 3.11. The highest BCUT2D eigenvalue weighted by molar-refractivity contribution is 5.29. The van der Waals surface area contributed by atoms with Gasteiger partial charge in [-0.25, -0.2) is 0 Å². The van der Waals surface area contributed by atoms with Crippen molar-refractivity contribution in [1.82, 2.24) is 10.2 Å². The average molecular weight is 177 g/mol. The van der Waals surface area contributed by atoms with Crippen LogP contribution in [0.3, 0.4) is 0 Å². The minimum Gasteiger partial charge on any atom is -0.282 e. The number of aryl methyl sites for hydroxylation is 1. The molecule has 2 rings (SSSR count). The van der Waals surface area contributed by atoms with E-state index in [-0.39, 0.29) is 0 Å². The van der Waals surface area contributed by atoms with Gasteiger partial charge in [0.25, 0.3) is 0 Å². The molecule has 0 bridgehead atoms. The van der Waals surface area contributed by atoms with Crippen molar-refractivity contribution in [3.05, 3.63) is 27.4 Å². The van der Waals surface area contributed by atoms with Crippen molar-refractivity contribution in [3.8, 4) is 0 Å². The lowest BCUT2D eigenvalue weighted by Gasteiger charge is -1.96. The lowest BCUT2D eigenvalue weighted by Crippen LogP contribution is -1.88. The van der Waals surface area contributed by atoms with E-state index in [9.17, 15) is 0 Å². The molecule has 0 atom stereocenters. The largest absolute Gasteiger partial charge is 0.282 e. The summed E-state index contributed by atoms with van der Waals surface area (Å²) in [5.74, 6) is 0.605. The normalized spacial score (nSPS) is 15.5. The first kappa shape index (κ1) is 8.13. The number of azide groups is 1. The first-order valence-corrected chi connectivity index (χ1v) is 4.37. The third kappa shape index (κ3) is 1.51. The molecule has 0 spiro atoms. The molecule has 1 aromatic heterocycles. The van der Waals surface area contributed by atoms with Gasteiger partial charge in [-0.2, -0.15) is 5.10 Å².